The first-order valence-corrected chi connectivity index (χ1v) is 7.48. The van der Waals surface area contributed by atoms with Gasteiger partial charge in [-0.05, 0) is 30.9 Å². The third kappa shape index (κ3) is 3.15. The molecule has 2 heterocycles. The summed E-state index contributed by atoms with van der Waals surface area (Å²) in [6, 6.07) is 9.66. The molecule has 4 nitrogen and oxygen atoms in total. The van der Waals surface area contributed by atoms with Gasteiger partial charge in [0.2, 0.25) is 0 Å². The molecule has 21 heavy (non-hydrogen) atoms. The molecule has 0 bridgehead atoms. The number of para-hydroxylation sites is 1. The van der Waals surface area contributed by atoms with Crippen LogP contribution in [0.25, 0.3) is 10.9 Å². The average molecular weight is 284 g/mol. The van der Waals surface area contributed by atoms with Gasteiger partial charge in [0.05, 0.1) is 0 Å². The molecule has 4 heteroatoms. The van der Waals surface area contributed by atoms with Crippen molar-refractivity contribution < 1.29 is 9.53 Å². The van der Waals surface area contributed by atoms with Crippen LogP contribution in [0.15, 0.2) is 36.5 Å². The van der Waals surface area contributed by atoms with Crippen molar-refractivity contribution in [1.29, 1.82) is 0 Å². The van der Waals surface area contributed by atoms with Gasteiger partial charge >= 0.3 is 0 Å². The molecule has 0 saturated carbocycles. The first kappa shape index (κ1) is 13.9. The van der Waals surface area contributed by atoms with Gasteiger partial charge in [-0.3, -0.25) is 9.78 Å². The molecule has 1 unspecified atom stereocenters. The van der Waals surface area contributed by atoms with E-state index < -0.39 is 0 Å². The molecular formula is C17H20N2O2. The maximum absolute atomic E-state index is 12.2. The van der Waals surface area contributed by atoms with Crippen LogP contribution in [0.2, 0.25) is 0 Å². The van der Waals surface area contributed by atoms with E-state index >= 15 is 0 Å². The topological polar surface area (TPSA) is 42.4 Å². The van der Waals surface area contributed by atoms with Gasteiger partial charge in [0.25, 0.3) is 5.91 Å². The van der Waals surface area contributed by atoms with E-state index in [2.05, 4.69) is 11.9 Å². The normalized spacial score (nSPS) is 18.7. The second kappa shape index (κ2) is 6.12. The number of hydrogen-bond acceptors (Lipinski definition) is 3. The fourth-order valence-corrected chi connectivity index (χ4v) is 2.84. The second-order valence-corrected chi connectivity index (χ2v) is 5.71. The van der Waals surface area contributed by atoms with Crippen LogP contribution in [0.1, 0.15) is 19.8 Å². The van der Waals surface area contributed by atoms with Crippen molar-refractivity contribution in [3.05, 3.63) is 36.5 Å². The number of rotatable bonds is 3. The SMILES string of the molecule is CC1CCCN(C(=O)COc2cccc3cccnc23)C1. The number of pyridine rings is 1. The summed E-state index contributed by atoms with van der Waals surface area (Å²) in [6.07, 6.45) is 4.03. The summed E-state index contributed by atoms with van der Waals surface area (Å²) in [4.78, 5) is 18.5. The fourth-order valence-electron chi connectivity index (χ4n) is 2.84. The predicted molar refractivity (Wildman–Crippen MR) is 82.2 cm³/mol. The van der Waals surface area contributed by atoms with Crippen molar-refractivity contribution >= 4 is 16.8 Å². The lowest BCUT2D eigenvalue weighted by atomic mass is 10.0. The van der Waals surface area contributed by atoms with Crippen LogP contribution < -0.4 is 4.74 Å². The van der Waals surface area contributed by atoms with E-state index in [-0.39, 0.29) is 12.5 Å². The molecular weight excluding hydrogens is 264 g/mol. The molecule has 0 N–H and O–H groups in total. The van der Waals surface area contributed by atoms with Crippen LogP contribution in [-0.2, 0) is 4.79 Å². The Morgan fingerprint density at radius 3 is 3.10 bits per heavy atom. The summed E-state index contributed by atoms with van der Waals surface area (Å²) < 4.78 is 5.72. The highest BCUT2D eigenvalue weighted by molar-refractivity contribution is 5.85. The first-order valence-electron chi connectivity index (χ1n) is 7.48. The van der Waals surface area contributed by atoms with Crippen molar-refractivity contribution in [2.24, 2.45) is 5.92 Å². The van der Waals surface area contributed by atoms with Crippen molar-refractivity contribution in [3.63, 3.8) is 0 Å². The largest absolute Gasteiger partial charge is 0.481 e. The lowest BCUT2D eigenvalue weighted by Gasteiger charge is -2.30. The summed E-state index contributed by atoms with van der Waals surface area (Å²) in [7, 11) is 0. The maximum atomic E-state index is 12.2. The number of fused-ring (bicyclic) bond motifs is 1. The van der Waals surface area contributed by atoms with Crippen molar-refractivity contribution in [3.8, 4) is 5.75 Å². The van der Waals surface area contributed by atoms with Gasteiger partial charge < -0.3 is 9.64 Å². The number of benzene rings is 1. The molecule has 0 spiro atoms. The minimum atomic E-state index is 0.0643. The lowest BCUT2D eigenvalue weighted by Crippen LogP contribution is -2.41. The predicted octanol–water partition coefficient (Wildman–Crippen LogP) is 2.87. The minimum absolute atomic E-state index is 0.0643. The Bertz CT molecular complexity index is 636. The molecule has 2 aromatic rings. The van der Waals surface area contributed by atoms with E-state index in [1.165, 1.54) is 6.42 Å². The Labute approximate surface area is 124 Å². The summed E-state index contributed by atoms with van der Waals surface area (Å²) in [5, 5.41) is 1.02. The third-order valence-electron chi connectivity index (χ3n) is 3.96. The summed E-state index contributed by atoms with van der Waals surface area (Å²) >= 11 is 0. The summed E-state index contributed by atoms with van der Waals surface area (Å²) in [5.74, 6) is 1.32. The van der Waals surface area contributed by atoms with Crippen LogP contribution in [0.5, 0.6) is 5.75 Å². The van der Waals surface area contributed by atoms with Gasteiger partial charge in [0.1, 0.15) is 11.3 Å². The van der Waals surface area contributed by atoms with E-state index in [0.717, 1.165) is 30.4 Å². The van der Waals surface area contributed by atoms with E-state index in [1.54, 1.807) is 6.20 Å². The van der Waals surface area contributed by atoms with Gasteiger partial charge in [0, 0.05) is 24.7 Å². The van der Waals surface area contributed by atoms with E-state index in [9.17, 15) is 4.79 Å². The molecule has 1 aliphatic heterocycles. The molecule has 1 saturated heterocycles. The molecule has 110 valence electrons. The van der Waals surface area contributed by atoms with E-state index in [4.69, 9.17) is 4.74 Å². The van der Waals surface area contributed by atoms with Gasteiger partial charge in [-0.25, -0.2) is 0 Å². The average Bonchev–Trinajstić information content (AvgIpc) is 2.52. The van der Waals surface area contributed by atoms with E-state index in [1.807, 2.05) is 35.2 Å². The number of carbonyl (C=O) groups is 1. The fraction of sp³-hybridized carbons (Fsp3) is 0.412. The van der Waals surface area contributed by atoms with Crippen LogP contribution in [0.4, 0.5) is 0 Å². The smallest absolute Gasteiger partial charge is 0.260 e. The lowest BCUT2D eigenvalue weighted by molar-refractivity contribution is -0.135. The number of piperidine rings is 1. The molecule has 1 aromatic carbocycles. The second-order valence-electron chi connectivity index (χ2n) is 5.71. The van der Waals surface area contributed by atoms with Gasteiger partial charge in [-0.15, -0.1) is 0 Å². The summed E-state index contributed by atoms with van der Waals surface area (Å²) in [6.45, 7) is 3.97. The number of aromatic nitrogens is 1. The molecule has 1 aliphatic rings. The van der Waals surface area contributed by atoms with Crippen LogP contribution in [0.3, 0.4) is 0 Å². The maximum Gasteiger partial charge on any atom is 0.260 e. The zero-order valence-corrected chi connectivity index (χ0v) is 12.3. The number of nitrogens with zero attached hydrogens (tertiary/aromatic N) is 2. The van der Waals surface area contributed by atoms with Gasteiger partial charge in [-0.1, -0.05) is 25.1 Å². The number of likely N-dealkylation sites (tertiary alicyclic amines) is 1. The molecule has 1 atom stereocenters. The van der Waals surface area contributed by atoms with Gasteiger partial charge in [-0.2, -0.15) is 0 Å². The van der Waals surface area contributed by atoms with Gasteiger partial charge in [0.15, 0.2) is 6.61 Å². The quantitative estimate of drug-likeness (QED) is 0.870. The molecule has 1 fully saturated rings. The Hall–Kier alpha value is -2.10. The first-order chi connectivity index (χ1) is 10.2. The number of hydrogen-bond donors (Lipinski definition) is 0. The Kier molecular flexibility index (Phi) is 4.04. The van der Waals surface area contributed by atoms with Crippen molar-refractivity contribution in [1.82, 2.24) is 9.88 Å². The molecule has 3 rings (SSSR count). The van der Waals surface area contributed by atoms with E-state index in [0.29, 0.717) is 11.7 Å². The zero-order chi connectivity index (χ0) is 14.7. The highest BCUT2D eigenvalue weighted by atomic mass is 16.5. The Morgan fingerprint density at radius 1 is 1.38 bits per heavy atom. The number of ether oxygens (including phenoxy) is 1. The molecule has 0 aliphatic carbocycles. The molecule has 0 radical (unpaired) electrons. The third-order valence-corrected chi connectivity index (χ3v) is 3.96. The van der Waals surface area contributed by atoms with Crippen LogP contribution in [-0.4, -0.2) is 35.5 Å². The van der Waals surface area contributed by atoms with Crippen LogP contribution in [0, 0.1) is 5.92 Å². The highest BCUT2D eigenvalue weighted by Gasteiger charge is 2.21. The molecule has 1 amide bonds. The van der Waals surface area contributed by atoms with Crippen molar-refractivity contribution in [2.75, 3.05) is 19.7 Å². The standard InChI is InChI=1S/C17H20N2O2/c1-13-5-4-10-19(11-13)16(20)12-21-15-8-2-6-14-7-3-9-18-17(14)15/h2-3,6-9,13H,4-5,10-12H2,1H3. The Balaban J connectivity index is 1.67. The minimum Gasteiger partial charge on any atom is -0.481 e. The monoisotopic (exact) mass is 284 g/mol. The Morgan fingerprint density at radius 2 is 2.24 bits per heavy atom. The number of amides is 1. The summed E-state index contributed by atoms with van der Waals surface area (Å²) in [5.41, 5.74) is 0.805. The molecule has 1 aromatic heterocycles. The van der Waals surface area contributed by atoms with Crippen molar-refractivity contribution in [2.45, 2.75) is 19.8 Å². The number of carbonyl (C=O) groups excluding carboxylic acids is 1. The zero-order valence-electron chi connectivity index (χ0n) is 12.3. The van der Waals surface area contributed by atoms with Crippen LogP contribution >= 0.6 is 0 Å². The highest BCUT2D eigenvalue weighted by Crippen LogP contribution is 2.23.